The van der Waals surface area contributed by atoms with Crippen molar-refractivity contribution in [3.05, 3.63) is 82.8 Å². The first-order valence-corrected chi connectivity index (χ1v) is 12.8. The Balaban J connectivity index is 1.84. The molecule has 0 bridgehead atoms. The van der Waals surface area contributed by atoms with Crippen molar-refractivity contribution in [2.75, 3.05) is 6.26 Å². The molecule has 1 heterocycles. The van der Waals surface area contributed by atoms with Gasteiger partial charge in [-0.25, -0.2) is 13.4 Å². The molecule has 4 aromatic rings. The van der Waals surface area contributed by atoms with Gasteiger partial charge in [-0.3, -0.25) is 0 Å². The largest absolute Gasteiger partial charge is 0.322 e. The predicted octanol–water partition coefficient (Wildman–Crippen LogP) is 6.62. The summed E-state index contributed by atoms with van der Waals surface area (Å²) in [5.74, 6) is 0.787. The molecule has 1 aromatic heterocycles. The first kappa shape index (κ1) is 22.0. The zero-order valence-corrected chi connectivity index (χ0v) is 19.9. The first-order chi connectivity index (χ1) is 14.7. The zero-order valence-electron chi connectivity index (χ0n) is 16.7. The lowest BCUT2D eigenvalue weighted by Gasteiger charge is -2.08. The summed E-state index contributed by atoms with van der Waals surface area (Å²) >= 11 is 13.7. The molecule has 0 fully saturated rings. The predicted molar refractivity (Wildman–Crippen MR) is 128 cm³/mol. The number of benzene rings is 3. The number of hydrogen-bond donors (Lipinski definition) is 0. The molecule has 0 aliphatic heterocycles. The van der Waals surface area contributed by atoms with Crippen molar-refractivity contribution in [3.8, 4) is 22.6 Å². The van der Waals surface area contributed by atoms with Crippen molar-refractivity contribution in [1.29, 1.82) is 0 Å². The molecule has 0 amide bonds. The minimum atomic E-state index is -3.27. The van der Waals surface area contributed by atoms with Gasteiger partial charge in [0.25, 0.3) is 0 Å². The number of hydrogen-bond acceptors (Lipinski definition) is 4. The number of halogens is 2. The van der Waals surface area contributed by atoms with Gasteiger partial charge in [-0.1, -0.05) is 47.1 Å². The van der Waals surface area contributed by atoms with E-state index in [9.17, 15) is 8.42 Å². The van der Waals surface area contributed by atoms with Crippen molar-refractivity contribution in [2.24, 2.45) is 7.05 Å². The number of imidazole rings is 1. The maximum Gasteiger partial charge on any atom is 0.175 e. The molecule has 4 nitrogen and oxygen atoms in total. The van der Waals surface area contributed by atoms with Crippen LogP contribution in [-0.4, -0.2) is 24.2 Å². The normalized spacial score (nSPS) is 11.6. The van der Waals surface area contributed by atoms with Crippen molar-refractivity contribution in [2.45, 2.75) is 14.8 Å². The second-order valence-electron chi connectivity index (χ2n) is 7.01. The fraction of sp³-hybridized carbons (Fsp3) is 0.0870. The van der Waals surface area contributed by atoms with E-state index in [1.165, 1.54) is 6.26 Å². The lowest BCUT2D eigenvalue weighted by molar-refractivity contribution is 0.602. The molecule has 0 spiro atoms. The van der Waals surface area contributed by atoms with E-state index in [-0.39, 0.29) is 4.90 Å². The van der Waals surface area contributed by atoms with Crippen LogP contribution in [0.4, 0.5) is 0 Å². The van der Waals surface area contributed by atoms with Crippen molar-refractivity contribution in [3.63, 3.8) is 0 Å². The maximum absolute atomic E-state index is 11.8. The summed E-state index contributed by atoms with van der Waals surface area (Å²) in [6, 6.07) is 21.9. The second kappa shape index (κ2) is 8.71. The van der Waals surface area contributed by atoms with Crippen LogP contribution < -0.4 is 0 Å². The van der Waals surface area contributed by atoms with E-state index in [2.05, 4.69) is 0 Å². The van der Waals surface area contributed by atoms with Crippen LogP contribution in [0, 0.1) is 0 Å². The van der Waals surface area contributed by atoms with Crippen LogP contribution >= 0.6 is 35.0 Å². The van der Waals surface area contributed by atoms with Crippen LogP contribution in [0.5, 0.6) is 0 Å². The Hall–Kier alpha value is -2.25. The molecule has 0 aliphatic rings. The van der Waals surface area contributed by atoms with Gasteiger partial charge in [0.05, 0.1) is 4.90 Å². The molecule has 0 radical (unpaired) electrons. The highest BCUT2D eigenvalue weighted by Crippen LogP contribution is 2.39. The topological polar surface area (TPSA) is 52.0 Å². The Labute approximate surface area is 195 Å². The molecule has 31 heavy (non-hydrogen) atoms. The minimum Gasteiger partial charge on any atom is -0.322 e. The highest BCUT2D eigenvalue weighted by atomic mass is 35.5. The molecule has 3 aromatic carbocycles. The van der Waals surface area contributed by atoms with Gasteiger partial charge in [0, 0.05) is 39.4 Å². The van der Waals surface area contributed by atoms with Crippen LogP contribution in [0.2, 0.25) is 10.0 Å². The van der Waals surface area contributed by atoms with Gasteiger partial charge in [0.2, 0.25) is 0 Å². The van der Waals surface area contributed by atoms with Gasteiger partial charge in [0.1, 0.15) is 16.5 Å². The van der Waals surface area contributed by atoms with Crippen LogP contribution in [0.3, 0.4) is 0 Å². The standard InChI is InChI=1S/C23H18Cl2N2O2S2/c1-27-22(16-3-7-17(24)8-4-16)26-21(15-5-13-20(14-6-15)31(2,28)29)23(27)30-19-11-9-18(25)10-12-19/h3-14H,1-2H3. The molecule has 158 valence electrons. The van der Waals surface area contributed by atoms with E-state index in [4.69, 9.17) is 28.2 Å². The van der Waals surface area contributed by atoms with E-state index in [1.54, 1.807) is 36.0 Å². The molecule has 4 rings (SSSR count). The lowest BCUT2D eigenvalue weighted by Crippen LogP contribution is -1.96. The Morgan fingerprint density at radius 1 is 0.806 bits per heavy atom. The Kier molecular flexibility index (Phi) is 6.17. The number of aromatic nitrogens is 2. The number of sulfone groups is 1. The minimum absolute atomic E-state index is 0.275. The molecule has 0 aliphatic carbocycles. The van der Waals surface area contributed by atoms with Crippen LogP contribution in [-0.2, 0) is 16.9 Å². The molecular formula is C23H18Cl2N2O2S2. The fourth-order valence-electron chi connectivity index (χ4n) is 3.12. The van der Waals surface area contributed by atoms with Crippen molar-refractivity contribution >= 4 is 44.8 Å². The summed E-state index contributed by atoms with van der Waals surface area (Å²) in [6.45, 7) is 0. The molecule has 0 atom stereocenters. The van der Waals surface area contributed by atoms with Gasteiger partial charge < -0.3 is 4.57 Å². The molecular weight excluding hydrogens is 471 g/mol. The summed E-state index contributed by atoms with van der Waals surface area (Å²) < 4.78 is 25.7. The molecule has 0 saturated heterocycles. The van der Waals surface area contributed by atoms with E-state index >= 15 is 0 Å². The SMILES string of the molecule is Cn1c(-c2ccc(Cl)cc2)nc(-c2ccc(S(C)(=O)=O)cc2)c1Sc1ccc(Cl)cc1. The second-order valence-corrected chi connectivity index (χ2v) is 11.0. The average Bonchev–Trinajstić information content (AvgIpc) is 3.06. The van der Waals surface area contributed by atoms with Crippen molar-refractivity contribution < 1.29 is 8.42 Å². The van der Waals surface area contributed by atoms with Gasteiger partial charge >= 0.3 is 0 Å². The summed E-state index contributed by atoms with van der Waals surface area (Å²) in [6.07, 6.45) is 1.20. The summed E-state index contributed by atoms with van der Waals surface area (Å²) in [5, 5.41) is 2.26. The van der Waals surface area contributed by atoms with E-state index in [0.29, 0.717) is 10.0 Å². The van der Waals surface area contributed by atoms with Crippen LogP contribution in [0.15, 0.2) is 87.6 Å². The third-order valence-corrected chi connectivity index (χ3v) is 7.53. The van der Waals surface area contributed by atoms with Gasteiger partial charge in [-0.15, -0.1) is 0 Å². The van der Waals surface area contributed by atoms with E-state index < -0.39 is 9.84 Å². The highest BCUT2D eigenvalue weighted by Gasteiger charge is 2.19. The quantitative estimate of drug-likeness (QED) is 0.316. The summed E-state index contributed by atoms with van der Waals surface area (Å²) in [7, 11) is -1.31. The maximum atomic E-state index is 11.8. The van der Waals surface area contributed by atoms with E-state index in [1.807, 2.05) is 60.1 Å². The number of rotatable bonds is 5. The summed E-state index contributed by atoms with van der Waals surface area (Å²) in [4.78, 5) is 6.20. The van der Waals surface area contributed by atoms with Crippen molar-refractivity contribution in [1.82, 2.24) is 9.55 Å². The lowest BCUT2D eigenvalue weighted by atomic mass is 10.2. The monoisotopic (exact) mass is 488 g/mol. The Bertz CT molecular complexity index is 1330. The van der Waals surface area contributed by atoms with Gasteiger partial charge in [-0.05, 0) is 60.7 Å². The third-order valence-electron chi connectivity index (χ3n) is 4.73. The van der Waals surface area contributed by atoms with Gasteiger partial charge in [-0.2, -0.15) is 0 Å². The molecule has 0 unspecified atom stereocenters. The molecule has 0 saturated carbocycles. The van der Waals surface area contributed by atoms with Crippen LogP contribution in [0.25, 0.3) is 22.6 Å². The Morgan fingerprint density at radius 2 is 1.32 bits per heavy atom. The van der Waals surface area contributed by atoms with Crippen LogP contribution in [0.1, 0.15) is 0 Å². The third kappa shape index (κ3) is 4.83. The summed E-state index contributed by atoms with van der Waals surface area (Å²) in [5.41, 5.74) is 2.54. The fourth-order valence-corrected chi connectivity index (χ4v) is 4.98. The Morgan fingerprint density at radius 3 is 1.87 bits per heavy atom. The molecule has 0 N–H and O–H groups in total. The van der Waals surface area contributed by atoms with Gasteiger partial charge in [0.15, 0.2) is 9.84 Å². The zero-order chi connectivity index (χ0) is 22.2. The highest BCUT2D eigenvalue weighted by molar-refractivity contribution is 7.99. The van der Waals surface area contributed by atoms with E-state index in [0.717, 1.165) is 32.6 Å². The smallest absolute Gasteiger partial charge is 0.175 e. The average molecular weight is 489 g/mol. The number of nitrogens with zero attached hydrogens (tertiary/aromatic N) is 2. The molecule has 8 heteroatoms. The first-order valence-electron chi connectivity index (χ1n) is 9.29.